The molecule has 3 nitrogen and oxygen atoms in total. The van der Waals surface area contributed by atoms with Crippen molar-refractivity contribution in [2.75, 3.05) is 4.72 Å². The Morgan fingerprint density at radius 3 is 2.25 bits per heavy atom. The van der Waals surface area contributed by atoms with Crippen molar-refractivity contribution in [1.82, 2.24) is 0 Å². The zero-order valence-electron chi connectivity index (χ0n) is 9.70. The van der Waals surface area contributed by atoms with Gasteiger partial charge in [-0.1, -0.05) is 29.3 Å². The molecule has 2 aromatic carbocycles. The maximum absolute atomic E-state index is 13.4. The molecule has 0 spiro atoms. The molecule has 0 saturated heterocycles. The van der Waals surface area contributed by atoms with Gasteiger partial charge in [0.25, 0.3) is 10.0 Å². The Balaban J connectivity index is 2.43. The van der Waals surface area contributed by atoms with Crippen molar-refractivity contribution in [2.45, 2.75) is 4.90 Å². The third-order valence-corrected chi connectivity index (χ3v) is 5.02. The summed E-state index contributed by atoms with van der Waals surface area (Å²) in [7, 11) is -3.98. The van der Waals surface area contributed by atoms with Gasteiger partial charge in [0.2, 0.25) is 0 Å². The van der Waals surface area contributed by atoms with E-state index in [0.29, 0.717) is 0 Å². The van der Waals surface area contributed by atoms with Gasteiger partial charge in [0.1, 0.15) is 5.82 Å². The third-order valence-electron chi connectivity index (χ3n) is 2.40. The highest BCUT2D eigenvalue weighted by molar-refractivity contribution is 9.10. The highest BCUT2D eigenvalue weighted by Crippen LogP contribution is 2.32. The van der Waals surface area contributed by atoms with Crippen molar-refractivity contribution in [3.8, 4) is 0 Å². The monoisotopic (exact) mass is 397 g/mol. The molecule has 0 unspecified atom stereocenters. The van der Waals surface area contributed by atoms with E-state index in [1.807, 2.05) is 0 Å². The largest absolute Gasteiger partial charge is 0.277 e. The second-order valence-corrected chi connectivity index (χ2v) is 7.13. The molecule has 0 saturated carbocycles. The Kier molecular flexibility index (Phi) is 4.59. The predicted molar refractivity (Wildman–Crippen MR) is 81.4 cm³/mol. The standard InChI is InChI=1S/C12H7BrCl2FNO2S/c13-8-5-4-7(6-11(8)16)20(18,19)17-12-9(14)2-1-3-10(12)15/h1-6,17H. The van der Waals surface area contributed by atoms with Crippen LogP contribution in [0.1, 0.15) is 0 Å². The first-order valence-corrected chi connectivity index (χ1v) is 8.26. The topological polar surface area (TPSA) is 46.2 Å². The summed E-state index contributed by atoms with van der Waals surface area (Å²) in [5.41, 5.74) is 0.0548. The lowest BCUT2D eigenvalue weighted by atomic mass is 10.3. The number of benzene rings is 2. The van der Waals surface area contributed by atoms with Crippen LogP contribution < -0.4 is 4.72 Å². The first-order valence-electron chi connectivity index (χ1n) is 5.23. The Morgan fingerprint density at radius 1 is 1.10 bits per heavy atom. The first-order chi connectivity index (χ1) is 9.31. The van der Waals surface area contributed by atoms with Crippen LogP contribution in [0.15, 0.2) is 45.8 Å². The van der Waals surface area contributed by atoms with Crippen LogP contribution in [0.3, 0.4) is 0 Å². The fourth-order valence-corrected chi connectivity index (χ4v) is 3.40. The number of hydrogen-bond acceptors (Lipinski definition) is 2. The maximum Gasteiger partial charge on any atom is 0.262 e. The second kappa shape index (κ2) is 5.89. The van der Waals surface area contributed by atoms with Crippen molar-refractivity contribution >= 4 is 54.8 Å². The van der Waals surface area contributed by atoms with Crippen molar-refractivity contribution in [3.05, 3.63) is 56.7 Å². The first kappa shape index (κ1) is 15.6. The number of para-hydroxylation sites is 1. The molecule has 0 fully saturated rings. The van der Waals surface area contributed by atoms with E-state index in [2.05, 4.69) is 20.7 Å². The number of nitrogens with one attached hydrogen (secondary N) is 1. The molecule has 0 aliphatic heterocycles. The summed E-state index contributed by atoms with van der Waals surface area (Å²) in [5.74, 6) is -0.682. The van der Waals surface area contributed by atoms with Gasteiger partial charge < -0.3 is 0 Å². The van der Waals surface area contributed by atoms with Gasteiger partial charge in [-0.25, -0.2) is 12.8 Å². The molecular formula is C12H7BrCl2FNO2S. The number of rotatable bonds is 3. The molecule has 0 radical (unpaired) electrons. The Labute approximate surface area is 133 Å². The van der Waals surface area contributed by atoms with Gasteiger partial charge >= 0.3 is 0 Å². The molecule has 0 bridgehead atoms. The van der Waals surface area contributed by atoms with E-state index in [0.717, 1.165) is 6.07 Å². The number of sulfonamides is 1. The zero-order valence-corrected chi connectivity index (χ0v) is 13.6. The van der Waals surface area contributed by atoms with Crippen molar-refractivity contribution in [3.63, 3.8) is 0 Å². The molecule has 2 aromatic rings. The van der Waals surface area contributed by atoms with Crippen LogP contribution in [-0.4, -0.2) is 8.42 Å². The van der Waals surface area contributed by atoms with Gasteiger partial charge in [0.05, 0.1) is 25.1 Å². The summed E-state index contributed by atoms with van der Waals surface area (Å²) < 4.78 is 40.2. The van der Waals surface area contributed by atoms with E-state index in [4.69, 9.17) is 23.2 Å². The quantitative estimate of drug-likeness (QED) is 0.814. The molecule has 0 aromatic heterocycles. The fourth-order valence-electron chi connectivity index (χ4n) is 1.43. The minimum absolute atomic E-state index is 0.0548. The van der Waals surface area contributed by atoms with Gasteiger partial charge in [0, 0.05) is 0 Å². The predicted octanol–water partition coefficient (Wildman–Crippen LogP) is 4.70. The van der Waals surface area contributed by atoms with E-state index < -0.39 is 15.8 Å². The lowest BCUT2D eigenvalue weighted by molar-refractivity contribution is 0.593. The van der Waals surface area contributed by atoms with E-state index in [1.165, 1.54) is 24.3 Å². The molecule has 0 atom stereocenters. The zero-order chi connectivity index (χ0) is 14.9. The van der Waals surface area contributed by atoms with Crippen molar-refractivity contribution in [2.24, 2.45) is 0 Å². The summed E-state index contributed by atoms with van der Waals surface area (Å²) >= 11 is 14.7. The highest BCUT2D eigenvalue weighted by Gasteiger charge is 2.19. The normalized spacial score (nSPS) is 11.4. The van der Waals surface area contributed by atoms with E-state index in [1.54, 1.807) is 6.07 Å². The van der Waals surface area contributed by atoms with Crippen LogP contribution in [-0.2, 0) is 10.0 Å². The Hall–Kier alpha value is -0.820. The van der Waals surface area contributed by atoms with Crippen LogP contribution in [0.5, 0.6) is 0 Å². The summed E-state index contributed by atoms with van der Waals surface area (Å²) in [6.07, 6.45) is 0. The highest BCUT2D eigenvalue weighted by atomic mass is 79.9. The summed E-state index contributed by atoms with van der Waals surface area (Å²) in [6.45, 7) is 0. The fraction of sp³-hybridized carbons (Fsp3) is 0. The second-order valence-electron chi connectivity index (χ2n) is 3.78. The van der Waals surface area contributed by atoms with Crippen LogP contribution in [0.4, 0.5) is 10.1 Å². The molecule has 20 heavy (non-hydrogen) atoms. The van der Waals surface area contributed by atoms with Gasteiger partial charge in [-0.15, -0.1) is 0 Å². The maximum atomic E-state index is 13.4. The lowest BCUT2D eigenvalue weighted by Gasteiger charge is -2.11. The van der Waals surface area contributed by atoms with Gasteiger partial charge in [-0.3, -0.25) is 4.72 Å². The SMILES string of the molecule is O=S(=O)(Nc1c(Cl)cccc1Cl)c1ccc(Br)c(F)c1. The average molecular weight is 399 g/mol. The molecule has 8 heteroatoms. The molecule has 2 rings (SSSR count). The summed E-state index contributed by atoms with van der Waals surface area (Å²) in [6, 6.07) is 8.04. The molecular weight excluding hydrogens is 392 g/mol. The Morgan fingerprint density at radius 2 is 1.70 bits per heavy atom. The smallest absolute Gasteiger partial charge is 0.262 e. The molecule has 1 N–H and O–H groups in total. The minimum atomic E-state index is -3.98. The van der Waals surface area contributed by atoms with Crippen LogP contribution in [0.25, 0.3) is 0 Å². The number of hydrogen-bond donors (Lipinski definition) is 1. The van der Waals surface area contributed by atoms with Crippen LogP contribution >= 0.6 is 39.1 Å². The average Bonchev–Trinajstić information content (AvgIpc) is 2.37. The van der Waals surface area contributed by atoms with Gasteiger partial charge in [0.15, 0.2) is 0 Å². The molecule has 0 amide bonds. The van der Waals surface area contributed by atoms with Gasteiger partial charge in [-0.05, 0) is 46.3 Å². The van der Waals surface area contributed by atoms with Crippen LogP contribution in [0.2, 0.25) is 10.0 Å². The van der Waals surface area contributed by atoms with E-state index >= 15 is 0 Å². The summed E-state index contributed by atoms with van der Waals surface area (Å²) in [4.78, 5) is -0.228. The van der Waals surface area contributed by atoms with Crippen molar-refractivity contribution < 1.29 is 12.8 Å². The van der Waals surface area contributed by atoms with E-state index in [9.17, 15) is 12.8 Å². The number of anilines is 1. The molecule has 106 valence electrons. The molecule has 0 aliphatic rings. The molecule has 0 heterocycles. The number of halogens is 4. The van der Waals surface area contributed by atoms with E-state index in [-0.39, 0.29) is 25.1 Å². The minimum Gasteiger partial charge on any atom is -0.277 e. The Bertz CT molecular complexity index is 748. The summed E-state index contributed by atoms with van der Waals surface area (Å²) in [5, 5.41) is 0.303. The third kappa shape index (κ3) is 3.25. The van der Waals surface area contributed by atoms with Gasteiger partial charge in [-0.2, -0.15) is 0 Å². The lowest BCUT2D eigenvalue weighted by Crippen LogP contribution is -2.14. The van der Waals surface area contributed by atoms with Crippen LogP contribution in [0, 0.1) is 5.82 Å². The van der Waals surface area contributed by atoms with Crippen molar-refractivity contribution in [1.29, 1.82) is 0 Å². The molecule has 0 aliphatic carbocycles.